The second-order valence-electron chi connectivity index (χ2n) is 8.22. The van der Waals surface area contributed by atoms with Gasteiger partial charge in [-0.15, -0.1) is 0 Å². The summed E-state index contributed by atoms with van der Waals surface area (Å²) in [5.41, 5.74) is 0.893. The summed E-state index contributed by atoms with van der Waals surface area (Å²) >= 11 is 0. The Hall–Kier alpha value is -2.89. The van der Waals surface area contributed by atoms with Crippen molar-refractivity contribution < 1.29 is 14.4 Å². The molecule has 2 N–H and O–H groups in total. The number of benzene rings is 2. The molecule has 0 bridgehead atoms. The van der Waals surface area contributed by atoms with Crippen molar-refractivity contribution in [2.24, 2.45) is 5.92 Å². The molecule has 0 aliphatic carbocycles. The van der Waals surface area contributed by atoms with Crippen LogP contribution in [-0.4, -0.2) is 47.8 Å². The lowest BCUT2D eigenvalue weighted by atomic mass is 10.0. The number of amides is 3. The molecule has 6 heteroatoms. The molecule has 0 aliphatic rings. The molecule has 1 atom stereocenters. The van der Waals surface area contributed by atoms with Gasteiger partial charge in [0.15, 0.2) is 0 Å². The fourth-order valence-electron chi connectivity index (χ4n) is 3.36. The molecule has 2 aromatic rings. The summed E-state index contributed by atoms with van der Waals surface area (Å²) in [6.45, 7) is 9.74. The zero-order valence-corrected chi connectivity index (χ0v) is 18.6. The lowest BCUT2D eigenvalue weighted by Crippen LogP contribution is -2.53. The molecule has 0 aromatic heterocycles. The Bertz CT molecular complexity index is 892. The van der Waals surface area contributed by atoms with E-state index >= 15 is 0 Å². The van der Waals surface area contributed by atoms with E-state index in [1.54, 1.807) is 0 Å². The van der Waals surface area contributed by atoms with Crippen LogP contribution in [0.4, 0.5) is 0 Å². The lowest BCUT2D eigenvalue weighted by Gasteiger charge is -2.29. The summed E-state index contributed by atoms with van der Waals surface area (Å²) in [7, 11) is 0. The topological polar surface area (TPSA) is 78.5 Å². The molecular formula is C24H33N3O3. The van der Waals surface area contributed by atoms with E-state index in [0.29, 0.717) is 6.54 Å². The molecule has 0 spiro atoms. The quantitative estimate of drug-likeness (QED) is 0.666. The Morgan fingerprint density at radius 1 is 0.900 bits per heavy atom. The molecule has 1 unspecified atom stereocenters. The molecule has 0 saturated heterocycles. The Kier molecular flexibility index (Phi) is 8.39. The van der Waals surface area contributed by atoms with Crippen LogP contribution < -0.4 is 10.6 Å². The molecule has 6 nitrogen and oxygen atoms in total. The largest absolute Gasteiger partial charge is 0.352 e. The van der Waals surface area contributed by atoms with Crippen LogP contribution in [0.15, 0.2) is 42.5 Å². The molecule has 3 amide bonds. The van der Waals surface area contributed by atoms with Gasteiger partial charge in [-0.1, -0.05) is 56.3 Å². The van der Waals surface area contributed by atoms with Crippen LogP contribution in [0.3, 0.4) is 0 Å². The first-order valence-electron chi connectivity index (χ1n) is 10.6. The SMILES string of the molecule is CCN(CC(=O)NC(C)C)C(=O)C(NC(=O)Cc1ccc2ccccc2c1)C(C)C. The van der Waals surface area contributed by atoms with Gasteiger partial charge in [0.25, 0.3) is 0 Å². The average Bonchev–Trinajstić information content (AvgIpc) is 2.69. The maximum Gasteiger partial charge on any atom is 0.245 e. The minimum Gasteiger partial charge on any atom is -0.352 e. The molecule has 30 heavy (non-hydrogen) atoms. The number of hydrogen-bond acceptors (Lipinski definition) is 3. The third kappa shape index (κ3) is 6.58. The van der Waals surface area contributed by atoms with Crippen LogP contribution in [0.2, 0.25) is 0 Å². The third-order valence-corrected chi connectivity index (χ3v) is 4.91. The molecule has 162 valence electrons. The number of fused-ring (bicyclic) bond motifs is 1. The summed E-state index contributed by atoms with van der Waals surface area (Å²) in [4.78, 5) is 39.3. The molecular weight excluding hydrogens is 378 g/mol. The van der Waals surface area contributed by atoms with Crippen molar-refractivity contribution in [1.29, 1.82) is 0 Å². The normalized spacial score (nSPS) is 12.1. The van der Waals surface area contributed by atoms with Crippen molar-refractivity contribution in [1.82, 2.24) is 15.5 Å². The van der Waals surface area contributed by atoms with Gasteiger partial charge in [-0.2, -0.15) is 0 Å². The third-order valence-electron chi connectivity index (χ3n) is 4.91. The Balaban J connectivity index is 2.05. The van der Waals surface area contributed by atoms with Gasteiger partial charge in [0.1, 0.15) is 6.04 Å². The van der Waals surface area contributed by atoms with Crippen molar-refractivity contribution in [3.8, 4) is 0 Å². The Morgan fingerprint density at radius 2 is 1.57 bits per heavy atom. The average molecular weight is 412 g/mol. The van der Waals surface area contributed by atoms with Crippen LogP contribution >= 0.6 is 0 Å². The second kappa shape index (κ2) is 10.8. The van der Waals surface area contributed by atoms with Gasteiger partial charge in [0.2, 0.25) is 17.7 Å². The minimum absolute atomic E-state index is 0.00820. The van der Waals surface area contributed by atoms with Crippen molar-refractivity contribution in [3.05, 3.63) is 48.0 Å². The smallest absolute Gasteiger partial charge is 0.245 e. The highest BCUT2D eigenvalue weighted by Crippen LogP contribution is 2.16. The Labute approximate surface area is 179 Å². The van der Waals surface area contributed by atoms with E-state index in [4.69, 9.17) is 0 Å². The lowest BCUT2D eigenvalue weighted by molar-refractivity contribution is -0.140. The van der Waals surface area contributed by atoms with E-state index in [1.807, 2.05) is 77.1 Å². The van der Waals surface area contributed by atoms with E-state index in [-0.39, 0.29) is 42.6 Å². The maximum absolute atomic E-state index is 13.0. The second-order valence-corrected chi connectivity index (χ2v) is 8.22. The molecule has 0 aliphatic heterocycles. The number of nitrogens with one attached hydrogen (secondary N) is 2. The van der Waals surface area contributed by atoms with Gasteiger partial charge in [-0.25, -0.2) is 0 Å². The first-order chi connectivity index (χ1) is 14.2. The molecule has 0 fully saturated rings. The van der Waals surface area contributed by atoms with Crippen molar-refractivity contribution in [2.75, 3.05) is 13.1 Å². The van der Waals surface area contributed by atoms with Crippen LogP contribution in [0, 0.1) is 5.92 Å². The standard InChI is InChI=1S/C24H33N3O3/c1-6-27(15-22(29)25-17(4)5)24(30)23(16(2)3)26-21(28)14-18-11-12-19-9-7-8-10-20(19)13-18/h7-13,16-17,23H,6,14-15H2,1-5H3,(H,25,29)(H,26,28). The van der Waals surface area contributed by atoms with E-state index < -0.39 is 6.04 Å². The first kappa shape index (κ1) is 23.4. The number of carbonyl (C=O) groups excluding carboxylic acids is 3. The van der Waals surface area contributed by atoms with Gasteiger partial charge in [0.05, 0.1) is 13.0 Å². The van der Waals surface area contributed by atoms with Crippen molar-refractivity contribution in [2.45, 2.75) is 53.1 Å². The predicted molar refractivity (Wildman–Crippen MR) is 120 cm³/mol. The Morgan fingerprint density at radius 3 is 2.17 bits per heavy atom. The zero-order chi connectivity index (χ0) is 22.3. The summed E-state index contributed by atoms with van der Waals surface area (Å²) in [6, 6.07) is 13.2. The van der Waals surface area contributed by atoms with Gasteiger partial charge in [0, 0.05) is 12.6 Å². The number of hydrogen-bond donors (Lipinski definition) is 2. The van der Waals surface area contributed by atoms with Crippen LogP contribution in [0.25, 0.3) is 10.8 Å². The van der Waals surface area contributed by atoms with Gasteiger partial charge in [-0.05, 0) is 43.0 Å². The van der Waals surface area contributed by atoms with Crippen LogP contribution in [0.1, 0.15) is 40.2 Å². The predicted octanol–water partition coefficient (Wildman–Crippen LogP) is 2.90. The molecule has 0 radical (unpaired) electrons. The molecule has 2 rings (SSSR count). The summed E-state index contributed by atoms with van der Waals surface area (Å²) in [5.74, 6) is -0.747. The summed E-state index contributed by atoms with van der Waals surface area (Å²) in [6.07, 6.45) is 0.196. The molecule has 0 heterocycles. The van der Waals surface area contributed by atoms with E-state index in [9.17, 15) is 14.4 Å². The highest BCUT2D eigenvalue weighted by molar-refractivity contribution is 5.92. The fourth-order valence-corrected chi connectivity index (χ4v) is 3.36. The highest BCUT2D eigenvalue weighted by atomic mass is 16.2. The number of rotatable bonds is 9. The van der Waals surface area contributed by atoms with Crippen molar-refractivity contribution >= 4 is 28.5 Å². The van der Waals surface area contributed by atoms with Crippen LogP contribution in [0.5, 0.6) is 0 Å². The van der Waals surface area contributed by atoms with Gasteiger partial charge < -0.3 is 15.5 Å². The van der Waals surface area contributed by atoms with Crippen molar-refractivity contribution in [3.63, 3.8) is 0 Å². The molecule has 2 aromatic carbocycles. The first-order valence-corrected chi connectivity index (χ1v) is 10.6. The highest BCUT2D eigenvalue weighted by Gasteiger charge is 2.29. The van der Waals surface area contributed by atoms with E-state index in [2.05, 4.69) is 10.6 Å². The molecule has 0 saturated carbocycles. The number of carbonyl (C=O) groups is 3. The van der Waals surface area contributed by atoms with Crippen LogP contribution in [-0.2, 0) is 20.8 Å². The van der Waals surface area contributed by atoms with Gasteiger partial charge >= 0.3 is 0 Å². The summed E-state index contributed by atoms with van der Waals surface area (Å²) in [5, 5.41) is 7.88. The minimum atomic E-state index is -0.676. The fraction of sp³-hybridized carbons (Fsp3) is 0.458. The van der Waals surface area contributed by atoms with E-state index in [0.717, 1.165) is 16.3 Å². The number of nitrogens with zero attached hydrogens (tertiary/aromatic N) is 1. The summed E-state index contributed by atoms with van der Waals surface area (Å²) < 4.78 is 0. The number of likely N-dealkylation sites (N-methyl/N-ethyl adjacent to an activating group) is 1. The zero-order valence-electron chi connectivity index (χ0n) is 18.6. The monoisotopic (exact) mass is 411 g/mol. The van der Waals surface area contributed by atoms with Gasteiger partial charge in [-0.3, -0.25) is 14.4 Å². The maximum atomic E-state index is 13.0. The van der Waals surface area contributed by atoms with E-state index in [1.165, 1.54) is 4.90 Å².